The van der Waals surface area contributed by atoms with Crippen LogP contribution >= 0.6 is 15.9 Å². The molecule has 178 valence electrons. The van der Waals surface area contributed by atoms with Crippen molar-refractivity contribution in [3.05, 3.63) is 80.9 Å². The van der Waals surface area contributed by atoms with E-state index in [-0.39, 0.29) is 22.6 Å². The summed E-state index contributed by atoms with van der Waals surface area (Å²) < 4.78 is 71.7. The number of alkyl halides is 3. The molecule has 1 N–H and O–H groups in total. The van der Waals surface area contributed by atoms with Crippen LogP contribution in [-0.2, 0) is 23.0 Å². The third kappa shape index (κ3) is 4.60. The molecule has 7 nitrogen and oxygen atoms in total. The summed E-state index contributed by atoms with van der Waals surface area (Å²) in [5, 5.41) is 0.646. The van der Waals surface area contributed by atoms with Gasteiger partial charge >= 0.3 is 15.5 Å². The summed E-state index contributed by atoms with van der Waals surface area (Å²) in [4.78, 5) is 15.5. The zero-order chi connectivity index (χ0) is 24.7. The molecule has 0 unspecified atom stereocenters. The second-order valence-corrected chi connectivity index (χ2v) is 9.80. The van der Waals surface area contributed by atoms with Crippen molar-refractivity contribution in [1.29, 1.82) is 0 Å². The van der Waals surface area contributed by atoms with Crippen LogP contribution in [-0.4, -0.2) is 23.5 Å². The third-order valence-corrected chi connectivity index (χ3v) is 6.93. The van der Waals surface area contributed by atoms with Crippen molar-refractivity contribution < 1.29 is 26.0 Å². The van der Waals surface area contributed by atoms with Gasteiger partial charge in [0, 0.05) is 36.2 Å². The summed E-state index contributed by atoms with van der Waals surface area (Å²) in [5.74, 6) is 0.803. The van der Waals surface area contributed by atoms with Gasteiger partial charge in [-0.1, -0.05) is 25.1 Å². The van der Waals surface area contributed by atoms with E-state index in [4.69, 9.17) is 4.42 Å². The molecule has 0 aliphatic heterocycles. The van der Waals surface area contributed by atoms with Crippen molar-refractivity contribution in [1.82, 2.24) is 9.55 Å². The molecule has 4 aromatic rings. The van der Waals surface area contributed by atoms with E-state index in [9.17, 15) is 26.4 Å². The van der Waals surface area contributed by atoms with Gasteiger partial charge in [0.15, 0.2) is 5.76 Å². The molecule has 0 atom stereocenters. The first-order valence-corrected chi connectivity index (χ1v) is 12.2. The van der Waals surface area contributed by atoms with Gasteiger partial charge in [0.25, 0.3) is 5.56 Å². The summed E-state index contributed by atoms with van der Waals surface area (Å²) in [7, 11) is -5.61. The average molecular weight is 556 g/mol. The molecule has 12 heteroatoms. The zero-order valence-corrected chi connectivity index (χ0v) is 20.0. The molecule has 0 saturated heterocycles. The molecule has 0 bridgehead atoms. The average Bonchev–Trinajstić information content (AvgIpc) is 3.10. The van der Waals surface area contributed by atoms with Crippen molar-refractivity contribution in [2.45, 2.75) is 25.4 Å². The third-order valence-electron chi connectivity index (χ3n) is 5.05. The molecule has 0 saturated carbocycles. The first-order valence-electron chi connectivity index (χ1n) is 9.96. The maximum absolute atomic E-state index is 12.9. The number of nitrogens with zero attached hydrogens (tertiary/aromatic N) is 2. The Morgan fingerprint density at radius 1 is 1.15 bits per heavy atom. The summed E-state index contributed by atoms with van der Waals surface area (Å²) in [6.45, 7) is 2.33. The maximum atomic E-state index is 12.9. The van der Waals surface area contributed by atoms with Gasteiger partial charge in [0.05, 0.1) is 10.2 Å². The van der Waals surface area contributed by atoms with Gasteiger partial charge in [-0.3, -0.25) is 9.52 Å². The number of nitrogens with one attached hydrogen (secondary N) is 1. The van der Waals surface area contributed by atoms with Gasteiger partial charge in [-0.15, -0.1) is 0 Å². The van der Waals surface area contributed by atoms with E-state index in [1.807, 2.05) is 23.6 Å². The SMILES string of the molecule is CCc1nc(=O)ccn1Cc1ccc2oc(-c3ccccc3NS(=O)(=O)C(F)(F)F)c(Br)c2c1. The van der Waals surface area contributed by atoms with Crippen LogP contribution in [0.2, 0.25) is 0 Å². The van der Waals surface area contributed by atoms with E-state index in [0.29, 0.717) is 34.2 Å². The number of furan rings is 1. The molecule has 2 aromatic heterocycles. The second kappa shape index (κ2) is 8.91. The number of hydrogen-bond donors (Lipinski definition) is 1. The van der Waals surface area contributed by atoms with Crippen molar-refractivity contribution in [2.24, 2.45) is 0 Å². The minimum absolute atomic E-state index is 0.137. The summed E-state index contributed by atoms with van der Waals surface area (Å²) >= 11 is 3.45. The fourth-order valence-corrected chi connectivity index (χ4v) is 4.64. The van der Waals surface area contributed by atoms with Crippen LogP contribution < -0.4 is 10.3 Å². The number of aromatic nitrogens is 2. The monoisotopic (exact) mass is 555 g/mol. The van der Waals surface area contributed by atoms with Crippen molar-refractivity contribution >= 4 is 42.6 Å². The van der Waals surface area contributed by atoms with E-state index in [0.717, 1.165) is 5.56 Å². The van der Waals surface area contributed by atoms with E-state index >= 15 is 0 Å². The van der Waals surface area contributed by atoms with Gasteiger partial charge in [-0.2, -0.15) is 26.6 Å². The lowest BCUT2D eigenvalue weighted by Gasteiger charge is -2.13. The fourth-order valence-electron chi connectivity index (χ4n) is 3.45. The van der Waals surface area contributed by atoms with Crippen LogP contribution in [0.5, 0.6) is 0 Å². The predicted octanol–water partition coefficient (Wildman–Crippen LogP) is 5.29. The predicted molar refractivity (Wildman–Crippen MR) is 125 cm³/mol. The molecule has 34 heavy (non-hydrogen) atoms. The van der Waals surface area contributed by atoms with Gasteiger partial charge < -0.3 is 8.98 Å². The standard InChI is InChI=1S/C22H17BrF3N3O4S/c1-2-18-27-19(30)9-10-29(18)12-13-7-8-17-15(11-13)20(23)21(33-17)14-5-3-4-6-16(14)28-34(31,32)22(24,25)26/h3-11,28H,2,12H2,1H3. The minimum atomic E-state index is -5.61. The number of benzene rings is 2. The molecule has 2 aromatic carbocycles. The van der Waals surface area contributed by atoms with Crippen LogP contribution in [0, 0.1) is 0 Å². The van der Waals surface area contributed by atoms with Crippen LogP contribution in [0.25, 0.3) is 22.3 Å². The fraction of sp³-hybridized carbons (Fsp3) is 0.182. The van der Waals surface area contributed by atoms with E-state index in [2.05, 4.69) is 20.9 Å². The van der Waals surface area contributed by atoms with E-state index < -0.39 is 15.5 Å². The Hall–Kier alpha value is -3.12. The van der Waals surface area contributed by atoms with Crippen molar-refractivity contribution in [3.8, 4) is 11.3 Å². The van der Waals surface area contributed by atoms with Gasteiger partial charge in [0.2, 0.25) is 0 Å². The topological polar surface area (TPSA) is 94.2 Å². The minimum Gasteiger partial charge on any atom is -0.455 e. The Balaban J connectivity index is 1.75. The zero-order valence-electron chi connectivity index (χ0n) is 17.6. The van der Waals surface area contributed by atoms with Crippen LogP contribution in [0.3, 0.4) is 0 Å². The lowest BCUT2D eigenvalue weighted by atomic mass is 10.1. The molecule has 2 heterocycles. The maximum Gasteiger partial charge on any atom is 0.516 e. The van der Waals surface area contributed by atoms with Gasteiger partial charge in [0.1, 0.15) is 11.4 Å². The summed E-state index contributed by atoms with van der Waals surface area (Å²) in [5.41, 5.74) is -4.59. The number of hydrogen-bond acceptors (Lipinski definition) is 5. The number of rotatable bonds is 6. The normalized spacial score (nSPS) is 12.3. The Bertz CT molecular complexity index is 1550. The Labute approximate surface area is 200 Å². The van der Waals surface area contributed by atoms with Crippen molar-refractivity contribution in [2.75, 3.05) is 4.72 Å². The second-order valence-electron chi connectivity index (χ2n) is 7.34. The molecule has 4 rings (SSSR count). The highest BCUT2D eigenvalue weighted by Crippen LogP contribution is 2.41. The molecular formula is C22H17BrF3N3O4S. The van der Waals surface area contributed by atoms with Crippen LogP contribution in [0.15, 0.2) is 68.4 Å². The Morgan fingerprint density at radius 2 is 1.88 bits per heavy atom. The first-order chi connectivity index (χ1) is 16.0. The van der Waals surface area contributed by atoms with Gasteiger partial charge in [-0.25, -0.2) is 0 Å². The highest BCUT2D eigenvalue weighted by atomic mass is 79.9. The largest absolute Gasteiger partial charge is 0.516 e. The number of fused-ring (bicyclic) bond motifs is 1. The number of sulfonamides is 1. The van der Waals surface area contributed by atoms with Crippen LogP contribution in [0.1, 0.15) is 18.3 Å². The smallest absolute Gasteiger partial charge is 0.455 e. The van der Waals surface area contributed by atoms with E-state index in [1.54, 1.807) is 23.1 Å². The molecular weight excluding hydrogens is 539 g/mol. The highest BCUT2D eigenvalue weighted by Gasteiger charge is 2.46. The van der Waals surface area contributed by atoms with Crippen molar-refractivity contribution in [3.63, 3.8) is 0 Å². The number of aryl methyl sites for hydroxylation is 1. The molecule has 0 radical (unpaired) electrons. The van der Waals surface area contributed by atoms with Gasteiger partial charge in [-0.05, 0) is 45.8 Å². The molecule has 0 aliphatic carbocycles. The highest BCUT2D eigenvalue weighted by molar-refractivity contribution is 9.10. The number of para-hydroxylation sites is 1. The summed E-state index contributed by atoms with van der Waals surface area (Å²) in [6.07, 6.45) is 2.24. The summed E-state index contributed by atoms with van der Waals surface area (Å²) in [6, 6.07) is 12.4. The quantitative estimate of drug-likeness (QED) is 0.349. The number of anilines is 1. The molecule has 0 spiro atoms. The Kier molecular flexibility index (Phi) is 6.30. The Morgan fingerprint density at radius 3 is 2.59 bits per heavy atom. The first kappa shape index (κ1) is 24.0. The van der Waals surface area contributed by atoms with E-state index in [1.165, 1.54) is 24.3 Å². The molecule has 0 amide bonds. The van der Waals surface area contributed by atoms with Crippen LogP contribution in [0.4, 0.5) is 18.9 Å². The lowest BCUT2D eigenvalue weighted by molar-refractivity contribution is -0.0429. The molecule has 0 fully saturated rings. The number of halogens is 4. The molecule has 0 aliphatic rings. The lowest BCUT2D eigenvalue weighted by Crippen LogP contribution is -2.30.